The maximum absolute atomic E-state index is 12.0. The van der Waals surface area contributed by atoms with Gasteiger partial charge in [-0.2, -0.15) is 0 Å². The van der Waals surface area contributed by atoms with E-state index in [4.69, 9.17) is 10.5 Å². The van der Waals surface area contributed by atoms with E-state index in [1.807, 2.05) is 31.2 Å². The number of carbonyl (C=O) groups is 1. The van der Waals surface area contributed by atoms with Crippen molar-refractivity contribution >= 4 is 18.3 Å². The SMILES string of the molecule is CCOc1ccc(C(=O)NCc2ccc(CN)cc2)cc1.Cl. The van der Waals surface area contributed by atoms with Gasteiger partial charge >= 0.3 is 0 Å². The summed E-state index contributed by atoms with van der Waals surface area (Å²) in [5.74, 6) is 0.673. The Hall–Kier alpha value is -2.04. The van der Waals surface area contributed by atoms with Crippen molar-refractivity contribution in [3.8, 4) is 5.75 Å². The Kier molecular flexibility index (Phi) is 7.43. The lowest BCUT2D eigenvalue weighted by molar-refractivity contribution is 0.0951. The predicted molar refractivity (Wildman–Crippen MR) is 90.4 cm³/mol. The van der Waals surface area contributed by atoms with E-state index in [-0.39, 0.29) is 18.3 Å². The van der Waals surface area contributed by atoms with Crippen LogP contribution in [-0.2, 0) is 13.1 Å². The third-order valence-corrected chi connectivity index (χ3v) is 3.14. The van der Waals surface area contributed by atoms with Gasteiger partial charge in [0.15, 0.2) is 0 Å². The van der Waals surface area contributed by atoms with Gasteiger partial charge in [-0.15, -0.1) is 12.4 Å². The first-order valence-electron chi connectivity index (χ1n) is 7.02. The lowest BCUT2D eigenvalue weighted by Gasteiger charge is -2.07. The maximum Gasteiger partial charge on any atom is 0.251 e. The molecule has 2 rings (SSSR count). The highest BCUT2D eigenvalue weighted by molar-refractivity contribution is 5.94. The number of halogens is 1. The van der Waals surface area contributed by atoms with Gasteiger partial charge in [-0.05, 0) is 42.3 Å². The van der Waals surface area contributed by atoms with E-state index in [1.54, 1.807) is 24.3 Å². The fourth-order valence-corrected chi connectivity index (χ4v) is 1.95. The van der Waals surface area contributed by atoms with Gasteiger partial charge in [0, 0.05) is 18.7 Å². The first-order chi connectivity index (χ1) is 10.2. The minimum absolute atomic E-state index is 0. The zero-order valence-electron chi connectivity index (χ0n) is 12.5. The van der Waals surface area contributed by atoms with Crippen molar-refractivity contribution in [1.82, 2.24) is 5.32 Å². The average Bonchev–Trinajstić information content (AvgIpc) is 2.54. The van der Waals surface area contributed by atoms with Gasteiger partial charge in [-0.3, -0.25) is 4.79 Å². The van der Waals surface area contributed by atoms with Gasteiger partial charge in [-0.25, -0.2) is 0 Å². The zero-order chi connectivity index (χ0) is 15.1. The van der Waals surface area contributed by atoms with Gasteiger partial charge in [0.1, 0.15) is 5.75 Å². The minimum atomic E-state index is -0.0963. The molecule has 5 heteroatoms. The third kappa shape index (κ3) is 5.06. The highest BCUT2D eigenvalue weighted by Gasteiger charge is 2.05. The number of rotatable bonds is 6. The molecule has 0 atom stereocenters. The number of nitrogens with one attached hydrogen (secondary N) is 1. The van der Waals surface area contributed by atoms with Crippen molar-refractivity contribution in [3.05, 3.63) is 65.2 Å². The first-order valence-corrected chi connectivity index (χ1v) is 7.02. The zero-order valence-corrected chi connectivity index (χ0v) is 13.4. The summed E-state index contributed by atoms with van der Waals surface area (Å²) < 4.78 is 5.35. The van der Waals surface area contributed by atoms with Crippen LogP contribution in [0.15, 0.2) is 48.5 Å². The molecule has 0 aromatic heterocycles. The van der Waals surface area contributed by atoms with Crippen molar-refractivity contribution < 1.29 is 9.53 Å². The van der Waals surface area contributed by atoms with E-state index in [9.17, 15) is 4.79 Å². The fraction of sp³-hybridized carbons (Fsp3) is 0.235. The number of hydrogen-bond donors (Lipinski definition) is 2. The Morgan fingerprint density at radius 3 is 2.18 bits per heavy atom. The van der Waals surface area contributed by atoms with Crippen molar-refractivity contribution in [3.63, 3.8) is 0 Å². The van der Waals surface area contributed by atoms with Gasteiger partial charge in [0.05, 0.1) is 6.61 Å². The number of hydrogen-bond acceptors (Lipinski definition) is 3. The molecule has 1 amide bonds. The normalized spacial score (nSPS) is 9.73. The number of ether oxygens (including phenoxy) is 1. The van der Waals surface area contributed by atoms with Gasteiger partial charge in [0.2, 0.25) is 0 Å². The highest BCUT2D eigenvalue weighted by atomic mass is 35.5. The summed E-state index contributed by atoms with van der Waals surface area (Å²) in [7, 11) is 0. The summed E-state index contributed by atoms with van der Waals surface area (Å²) in [6, 6.07) is 15.0. The van der Waals surface area contributed by atoms with Crippen LogP contribution in [0.1, 0.15) is 28.4 Å². The smallest absolute Gasteiger partial charge is 0.251 e. The van der Waals surface area contributed by atoms with Crippen molar-refractivity contribution in [1.29, 1.82) is 0 Å². The van der Waals surface area contributed by atoms with Crippen LogP contribution in [0.25, 0.3) is 0 Å². The Bertz CT molecular complexity index is 583. The molecule has 0 aliphatic rings. The second-order valence-corrected chi connectivity index (χ2v) is 4.66. The first kappa shape index (κ1) is 18.0. The molecule has 0 unspecified atom stereocenters. The van der Waals surface area contributed by atoms with E-state index in [2.05, 4.69) is 5.32 Å². The van der Waals surface area contributed by atoms with E-state index in [0.717, 1.165) is 16.9 Å². The molecule has 0 aliphatic carbocycles. The van der Waals surface area contributed by atoms with Gasteiger partial charge < -0.3 is 15.8 Å². The maximum atomic E-state index is 12.0. The summed E-state index contributed by atoms with van der Waals surface area (Å²) in [5.41, 5.74) is 8.30. The van der Waals surface area contributed by atoms with E-state index >= 15 is 0 Å². The largest absolute Gasteiger partial charge is 0.494 e. The molecule has 0 spiro atoms. The second-order valence-electron chi connectivity index (χ2n) is 4.66. The van der Waals surface area contributed by atoms with Crippen molar-refractivity contribution in [2.45, 2.75) is 20.0 Å². The van der Waals surface area contributed by atoms with Gasteiger partial charge in [-0.1, -0.05) is 24.3 Å². The number of benzene rings is 2. The van der Waals surface area contributed by atoms with E-state index in [0.29, 0.717) is 25.3 Å². The third-order valence-electron chi connectivity index (χ3n) is 3.14. The molecule has 2 aromatic carbocycles. The van der Waals surface area contributed by atoms with Crippen LogP contribution in [0.3, 0.4) is 0 Å². The quantitative estimate of drug-likeness (QED) is 0.860. The monoisotopic (exact) mass is 320 g/mol. The molecule has 0 bridgehead atoms. The molecule has 3 N–H and O–H groups in total. The molecular weight excluding hydrogens is 300 g/mol. The molecule has 0 saturated carbocycles. The molecule has 4 nitrogen and oxygen atoms in total. The number of nitrogens with two attached hydrogens (primary N) is 1. The molecule has 0 heterocycles. The van der Waals surface area contributed by atoms with Crippen LogP contribution in [0.4, 0.5) is 0 Å². The Morgan fingerprint density at radius 2 is 1.64 bits per heavy atom. The minimum Gasteiger partial charge on any atom is -0.494 e. The molecular formula is C17H21ClN2O2. The van der Waals surface area contributed by atoms with Gasteiger partial charge in [0.25, 0.3) is 5.91 Å². The second kappa shape index (κ2) is 9.07. The predicted octanol–water partition coefficient (Wildman–Crippen LogP) is 2.90. The Morgan fingerprint density at radius 1 is 1.05 bits per heavy atom. The van der Waals surface area contributed by atoms with Crippen LogP contribution in [0.5, 0.6) is 5.75 Å². The lowest BCUT2D eigenvalue weighted by Crippen LogP contribution is -2.22. The highest BCUT2D eigenvalue weighted by Crippen LogP contribution is 2.12. The summed E-state index contributed by atoms with van der Waals surface area (Å²) in [6.45, 7) is 3.57. The molecule has 0 saturated heterocycles. The summed E-state index contributed by atoms with van der Waals surface area (Å²) in [4.78, 5) is 12.0. The summed E-state index contributed by atoms with van der Waals surface area (Å²) in [6.07, 6.45) is 0. The molecule has 0 aliphatic heterocycles. The van der Waals surface area contributed by atoms with Crippen LogP contribution >= 0.6 is 12.4 Å². The van der Waals surface area contributed by atoms with Crippen molar-refractivity contribution in [2.24, 2.45) is 5.73 Å². The molecule has 0 radical (unpaired) electrons. The summed E-state index contributed by atoms with van der Waals surface area (Å²) >= 11 is 0. The molecule has 118 valence electrons. The van der Waals surface area contributed by atoms with Crippen LogP contribution in [0.2, 0.25) is 0 Å². The van der Waals surface area contributed by atoms with Crippen LogP contribution < -0.4 is 15.8 Å². The molecule has 22 heavy (non-hydrogen) atoms. The standard InChI is InChI=1S/C17H20N2O2.ClH/c1-2-21-16-9-7-15(8-10-16)17(20)19-12-14-5-3-13(11-18)4-6-14;/h3-10H,2,11-12,18H2,1H3,(H,19,20);1H. The lowest BCUT2D eigenvalue weighted by atomic mass is 10.1. The average molecular weight is 321 g/mol. The van der Waals surface area contributed by atoms with Crippen molar-refractivity contribution in [2.75, 3.05) is 6.61 Å². The Labute approximate surface area is 137 Å². The van der Waals surface area contributed by atoms with E-state index in [1.165, 1.54) is 0 Å². The molecule has 0 fully saturated rings. The van der Waals surface area contributed by atoms with Crippen LogP contribution in [0, 0.1) is 0 Å². The fourth-order valence-electron chi connectivity index (χ4n) is 1.95. The number of amides is 1. The number of carbonyl (C=O) groups excluding carboxylic acids is 1. The topological polar surface area (TPSA) is 64.3 Å². The molecule has 2 aromatic rings. The van der Waals surface area contributed by atoms with Crippen LogP contribution in [-0.4, -0.2) is 12.5 Å². The Balaban J connectivity index is 0.00000242. The van der Waals surface area contributed by atoms with E-state index < -0.39 is 0 Å². The summed E-state index contributed by atoms with van der Waals surface area (Å²) in [5, 5.41) is 2.89.